The Hall–Kier alpha value is -1.17. The lowest BCUT2D eigenvalue weighted by Crippen LogP contribution is -2.31. The molecule has 0 spiro atoms. The van der Waals surface area contributed by atoms with Crippen molar-refractivity contribution >= 4 is 18.1 Å². The number of benzene rings is 1. The Bertz CT molecular complexity index is 442. The summed E-state index contributed by atoms with van der Waals surface area (Å²) in [5.41, 5.74) is 1.18. The predicted molar refractivity (Wildman–Crippen MR) is 77.8 cm³/mol. The van der Waals surface area contributed by atoms with Crippen LogP contribution in [0.2, 0.25) is 0 Å². The SMILES string of the molecule is CNC1CCN(C(C)c2cccc([N+](=O)[O-])c2)C1.Cl. The van der Waals surface area contributed by atoms with Gasteiger partial charge in [-0.1, -0.05) is 12.1 Å². The summed E-state index contributed by atoms with van der Waals surface area (Å²) < 4.78 is 0. The number of likely N-dealkylation sites (tertiary alicyclic amines) is 1. The van der Waals surface area contributed by atoms with Crippen molar-refractivity contribution in [2.45, 2.75) is 25.4 Å². The molecule has 0 radical (unpaired) electrons. The van der Waals surface area contributed by atoms with Crippen LogP contribution in [0.4, 0.5) is 5.69 Å². The lowest BCUT2D eigenvalue weighted by atomic mass is 10.1. The minimum Gasteiger partial charge on any atom is -0.316 e. The number of nitrogens with one attached hydrogen (secondary N) is 1. The number of nitrogens with zero attached hydrogens (tertiary/aromatic N) is 2. The summed E-state index contributed by atoms with van der Waals surface area (Å²) in [6, 6.07) is 7.70. The lowest BCUT2D eigenvalue weighted by molar-refractivity contribution is -0.384. The second-order valence-corrected chi connectivity index (χ2v) is 4.80. The highest BCUT2D eigenvalue weighted by atomic mass is 35.5. The first kappa shape index (κ1) is 15.9. The molecule has 0 bridgehead atoms. The van der Waals surface area contributed by atoms with Crippen molar-refractivity contribution in [2.75, 3.05) is 20.1 Å². The monoisotopic (exact) mass is 285 g/mol. The molecule has 2 atom stereocenters. The Kier molecular flexibility index (Phi) is 5.72. The third-order valence-electron chi connectivity index (χ3n) is 3.74. The van der Waals surface area contributed by atoms with E-state index in [1.165, 1.54) is 6.07 Å². The van der Waals surface area contributed by atoms with Crippen LogP contribution in [0.3, 0.4) is 0 Å². The Morgan fingerprint density at radius 3 is 2.84 bits per heavy atom. The second kappa shape index (κ2) is 6.84. The Morgan fingerprint density at radius 1 is 1.53 bits per heavy atom. The van der Waals surface area contributed by atoms with Crippen molar-refractivity contribution in [2.24, 2.45) is 0 Å². The summed E-state index contributed by atoms with van der Waals surface area (Å²) >= 11 is 0. The number of likely N-dealkylation sites (N-methyl/N-ethyl adjacent to an activating group) is 1. The number of nitro groups is 1. The molecule has 0 aliphatic carbocycles. The molecule has 1 aromatic carbocycles. The first-order valence-corrected chi connectivity index (χ1v) is 6.27. The summed E-state index contributed by atoms with van der Waals surface area (Å²) in [4.78, 5) is 12.8. The van der Waals surface area contributed by atoms with Gasteiger partial charge in [0.1, 0.15) is 0 Å². The van der Waals surface area contributed by atoms with Gasteiger partial charge in [0.2, 0.25) is 0 Å². The van der Waals surface area contributed by atoms with Crippen molar-refractivity contribution in [1.82, 2.24) is 10.2 Å². The van der Waals surface area contributed by atoms with Gasteiger partial charge >= 0.3 is 0 Å². The Morgan fingerprint density at radius 2 is 2.26 bits per heavy atom. The van der Waals surface area contributed by atoms with Gasteiger partial charge in [-0.25, -0.2) is 0 Å². The summed E-state index contributed by atoms with van der Waals surface area (Å²) in [5.74, 6) is 0. The molecule has 1 fully saturated rings. The summed E-state index contributed by atoms with van der Waals surface area (Å²) in [5, 5.41) is 14.1. The lowest BCUT2D eigenvalue weighted by Gasteiger charge is -2.24. The number of non-ortho nitro benzene ring substituents is 1. The molecular formula is C13H20ClN3O2. The van der Waals surface area contributed by atoms with E-state index in [4.69, 9.17) is 0 Å². The van der Waals surface area contributed by atoms with Crippen molar-refractivity contribution in [3.05, 3.63) is 39.9 Å². The normalized spacial score (nSPS) is 20.8. The zero-order valence-corrected chi connectivity index (χ0v) is 12.0. The number of halogens is 1. The predicted octanol–water partition coefficient (Wildman–Crippen LogP) is 2.37. The van der Waals surface area contributed by atoms with E-state index in [9.17, 15) is 10.1 Å². The van der Waals surface area contributed by atoms with Gasteiger partial charge in [0.05, 0.1) is 4.92 Å². The maximum Gasteiger partial charge on any atom is 0.269 e. The molecule has 0 saturated carbocycles. The van der Waals surface area contributed by atoms with Crippen molar-refractivity contribution < 1.29 is 4.92 Å². The largest absolute Gasteiger partial charge is 0.316 e. The first-order chi connectivity index (χ1) is 8.61. The fourth-order valence-electron chi connectivity index (χ4n) is 2.48. The molecule has 0 amide bonds. The first-order valence-electron chi connectivity index (χ1n) is 6.27. The molecule has 5 nitrogen and oxygen atoms in total. The summed E-state index contributed by atoms with van der Waals surface area (Å²) in [6.45, 7) is 4.15. The van der Waals surface area contributed by atoms with Crippen molar-refractivity contribution in [1.29, 1.82) is 0 Å². The standard InChI is InChI=1S/C13H19N3O2.ClH/c1-10(15-7-6-12(9-15)14-2)11-4-3-5-13(8-11)16(17)18;/h3-5,8,10,12,14H,6-7,9H2,1-2H3;1H. The van der Waals surface area contributed by atoms with E-state index < -0.39 is 0 Å². The molecule has 2 rings (SSSR count). The minimum atomic E-state index is -0.337. The molecule has 1 saturated heterocycles. The van der Waals surface area contributed by atoms with Gasteiger partial charge in [0, 0.05) is 37.3 Å². The fourth-order valence-corrected chi connectivity index (χ4v) is 2.48. The van der Waals surface area contributed by atoms with E-state index in [1.54, 1.807) is 12.1 Å². The number of nitro benzene ring substituents is 1. The maximum absolute atomic E-state index is 10.8. The molecule has 0 aromatic heterocycles. The van der Waals surface area contributed by atoms with Gasteiger partial charge < -0.3 is 5.32 Å². The number of rotatable bonds is 4. The smallest absolute Gasteiger partial charge is 0.269 e. The molecular weight excluding hydrogens is 266 g/mol. The van der Waals surface area contributed by atoms with E-state index in [2.05, 4.69) is 17.1 Å². The zero-order chi connectivity index (χ0) is 13.1. The van der Waals surface area contributed by atoms with Crippen LogP contribution in [0.15, 0.2) is 24.3 Å². The van der Waals surface area contributed by atoms with Gasteiger partial charge in [0.25, 0.3) is 5.69 Å². The molecule has 6 heteroatoms. The maximum atomic E-state index is 10.8. The quantitative estimate of drug-likeness (QED) is 0.682. The number of hydrogen-bond donors (Lipinski definition) is 1. The second-order valence-electron chi connectivity index (χ2n) is 4.80. The Labute approximate surface area is 119 Å². The van der Waals surface area contributed by atoms with Gasteiger partial charge in [-0.3, -0.25) is 15.0 Å². The molecule has 1 aromatic rings. The number of hydrogen-bond acceptors (Lipinski definition) is 4. The summed E-state index contributed by atoms with van der Waals surface area (Å²) in [7, 11) is 1.98. The molecule has 1 N–H and O–H groups in total. The van der Waals surface area contributed by atoms with E-state index in [-0.39, 0.29) is 29.1 Å². The highest BCUT2D eigenvalue weighted by Crippen LogP contribution is 2.26. The minimum absolute atomic E-state index is 0. The van der Waals surface area contributed by atoms with Crippen LogP contribution in [0.25, 0.3) is 0 Å². The van der Waals surface area contributed by atoms with Gasteiger partial charge in [-0.05, 0) is 26.0 Å². The average molecular weight is 286 g/mol. The van der Waals surface area contributed by atoms with E-state index in [0.29, 0.717) is 6.04 Å². The zero-order valence-electron chi connectivity index (χ0n) is 11.2. The molecule has 2 unspecified atom stereocenters. The topological polar surface area (TPSA) is 58.4 Å². The molecule has 1 heterocycles. The average Bonchev–Trinajstić information content (AvgIpc) is 2.86. The van der Waals surface area contributed by atoms with Crippen LogP contribution in [-0.4, -0.2) is 36.0 Å². The van der Waals surface area contributed by atoms with Crippen LogP contribution >= 0.6 is 12.4 Å². The van der Waals surface area contributed by atoms with Crippen LogP contribution in [0, 0.1) is 10.1 Å². The third-order valence-corrected chi connectivity index (χ3v) is 3.74. The van der Waals surface area contributed by atoms with Gasteiger partial charge in [0.15, 0.2) is 0 Å². The molecule has 1 aliphatic heterocycles. The summed E-state index contributed by atoms with van der Waals surface area (Å²) in [6.07, 6.45) is 1.13. The fraction of sp³-hybridized carbons (Fsp3) is 0.538. The highest BCUT2D eigenvalue weighted by Gasteiger charge is 2.26. The van der Waals surface area contributed by atoms with E-state index in [1.807, 2.05) is 13.1 Å². The van der Waals surface area contributed by atoms with Crippen molar-refractivity contribution in [3.8, 4) is 0 Å². The van der Waals surface area contributed by atoms with Crippen LogP contribution in [0.1, 0.15) is 24.9 Å². The molecule has 1 aliphatic rings. The molecule has 19 heavy (non-hydrogen) atoms. The molecule has 106 valence electrons. The van der Waals surface area contributed by atoms with Crippen molar-refractivity contribution in [3.63, 3.8) is 0 Å². The van der Waals surface area contributed by atoms with Crippen LogP contribution < -0.4 is 5.32 Å². The van der Waals surface area contributed by atoms with Crippen LogP contribution in [-0.2, 0) is 0 Å². The van der Waals surface area contributed by atoms with Gasteiger partial charge in [-0.15, -0.1) is 12.4 Å². The van der Waals surface area contributed by atoms with E-state index >= 15 is 0 Å². The van der Waals surface area contributed by atoms with Crippen LogP contribution in [0.5, 0.6) is 0 Å². The third kappa shape index (κ3) is 3.65. The Balaban J connectivity index is 0.00000180. The van der Waals surface area contributed by atoms with Gasteiger partial charge in [-0.2, -0.15) is 0 Å². The highest BCUT2D eigenvalue weighted by molar-refractivity contribution is 5.85. The van der Waals surface area contributed by atoms with E-state index in [0.717, 1.165) is 25.1 Å².